The van der Waals surface area contributed by atoms with Gasteiger partial charge in [-0.2, -0.15) is 0 Å². The largest absolute Gasteiger partial charge is 0.481 e. The summed E-state index contributed by atoms with van der Waals surface area (Å²) in [4.78, 5) is 22.0. The van der Waals surface area contributed by atoms with E-state index in [2.05, 4.69) is 0 Å². The molecule has 0 bridgehead atoms. The summed E-state index contributed by atoms with van der Waals surface area (Å²) in [6.45, 7) is -0.248. The smallest absolute Gasteiger partial charge is 0.337 e. The van der Waals surface area contributed by atoms with Crippen molar-refractivity contribution in [2.24, 2.45) is 0 Å². The molecule has 0 aliphatic heterocycles. The van der Waals surface area contributed by atoms with Gasteiger partial charge in [-0.25, -0.2) is 13.2 Å². The summed E-state index contributed by atoms with van der Waals surface area (Å²) in [6.07, 6.45) is -0.314. The molecular formula is C17H15Cl2NO6S. The van der Waals surface area contributed by atoms with E-state index in [1.807, 2.05) is 0 Å². The van der Waals surface area contributed by atoms with Crippen LogP contribution >= 0.6 is 23.2 Å². The van der Waals surface area contributed by atoms with Crippen LogP contribution in [0.3, 0.4) is 0 Å². The van der Waals surface area contributed by atoms with Crippen molar-refractivity contribution in [3.63, 3.8) is 0 Å². The highest BCUT2D eigenvalue weighted by Gasteiger charge is 2.30. The predicted molar refractivity (Wildman–Crippen MR) is 101 cm³/mol. The molecule has 0 heterocycles. The van der Waals surface area contributed by atoms with Gasteiger partial charge in [-0.3, -0.25) is 9.10 Å². The lowest BCUT2D eigenvalue weighted by Crippen LogP contribution is -2.33. The molecule has 27 heavy (non-hydrogen) atoms. The third kappa shape index (κ3) is 4.91. The lowest BCUT2D eigenvalue weighted by atomic mass is 10.1. The molecule has 144 valence electrons. The van der Waals surface area contributed by atoms with Crippen LogP contribution in [0.4, 0.5) is 5.69 Å². The Labute approximate surface area is 165 Å². The maximum atomic E-state index is 13.2. The molecule has 0 aliphatic carbocycles. The fourth-order valence-corrected chi connectivity index (χ4v) is 4.67. The van der Waals surface area contributed by atoms with Gasteiger partial charge in [0.15, 0.2) is 0 Å². The Hall–Kier alpha value is -2.29. The van der Waals surface area contributed by atoms with Crippen LogP contribution < -0.4 is 4.31 Å². The van der Waals surface area contributed by atoms with Crippen LogP contribution in [0.5, 0.6) is 0 Å². The highest BCUT2D eigenvalue weighted by atomic mass is 35.5. The zero-order valence-electron chi connectivity index (χ0n) is 13.8. The van der Waals surface area contributed by atoms with Gasteiger partial charge in [0.1, 0.15) is 4.90 Å². The Morgan fingerprint density at radius 3 is 2.33 bits per heavy atom. The second-order valence-corrected chi connectivity index (χ2v) is 8.15. The van der Waals surface area contributed by atoms with Gasteiger partial charge in [0, 0.05) is 18.0 Å². The Kier molecular flexibility index (Phi) is 6.69. The minimum atomic E-state index is -4.30. The number of carbonyl (C=O) groups is 2. The Balaban J connectivity index is 2.60. The van der Waals surface area contributed by atoms with E-state index < -0.39 is 22.0 Å². The molecule has 10 heteroatoms. The first-order valence-corrected chi connectivity index (χ1v) is 9.86. The first-order chi connectivity index (χ1) is 12.6. The number of sulfonamides is 1. The maximum absolute atomic E-state index is 13.2. The van der Waals surface area contributed by atoms with E-state index >= 15 is 0 Å². The van der Waals surface area contributed by atoms with Gasteiger partial charge >= 0.3 is 11.9 Å². The summed E-state index contributed by atoms with van der Waals surface area (Å²) in [7, 11) is -4.30. The number of hydrogen-bond acceptors (Lipinski definition) is 4. The molecule has 2 aromatic rings. The van der Waals surface area contributed by atoms with Gasteiger partial charge in [-0.05, 0) is 36.8 Å². The summed E-state index contributed by atoms with van der Waals surface area (Å²) in [5.74, 6) is -2.42. The minimum absolute atomic E-state index is 0.0271. The van der Waals surface area contributed by atoms with Crippen molar-refractivity contribution in [3.05, 3.63) is 58.1 Å². The normalized spacial score (nSPS) is 11.2. The molecule has 0 fully saturated rings. The van der Waals surface area contributed by atoms with Crippen LogP contribution in [0.15, 0.2) is 47.4 Å². The van der Waals surface area contributed by atoms with Crippen molar-refractivity contribution >= 4 is 50.9 Å². The number of hydrogen-bond donors (Lipinski definition) is 2. The van der Waals surface area contributed by atoms with Gasteiger partial charge in [0.05, 0.1) is 16.3 Å². The Morgan fingerprint density at radius 1 is 1.04 bits per heavy atom. The van der Waals surface area contributed by atoms with Gasteiger partial charge < -0.3 is 10.2 Å². The molecule has 0 aromatic heterocycles. The molecule has 2 aromatic carbocycles. The van der Waals surface area contributed by atoms with Crippen LogP contribution in [0.25, 0.3) is 0 Å². The van der Waals surface area contributed by atoms with Crippen LogP contribution in [0.2, 0.25) is 10.0 Å². The van der Waals surface area contributed by atoms with Crippen LogP contribution in [0, 0.1) is 0 Å². The fourth-order valence-electron chi connectivity index (χ4n) is 2.41. The van der Waals surface area contributed by atoms with E-state index in [0.29, 0.717) is 0 Å². The van der Waals surface area contributed by atoms with Crippen LogP contribution in [-0.2, 0) is 14.8 Å². The van der Waals surface area contributed by atoms with Crippen LogP contribution in [-0.4, -0.2) is 37.1 Å². The molecule has 2 rings (SSSR count). The molecule has 0 spiro atoms. The number of halogens is 2. The van der Waals surface area contributed by atoms with Gasteiger partial charge in [0.25, 0.3) is 10.0 Å². The summed E-state index contributed by atoms with van der Waals surface area (Å²) >= 11 is 11.9. The standard InChI is InChI=1S/C17H15Cl2NO6S/c18-11-7-8-13(19)15(10-11)27(25,26)20(9-3-6-16(21)22)14-5-2-1-4-12(14)17(23)24/h1-2,4-5,7-8,10H,3,6,9H2,(H,21,22)(H,23,24). The van der Waals surface area contributed by atoms with Crippen molar-refractivity contribution in [2.45, 2.75) is 17.7 Å². The van der Waals surface area contributed by atoms with Crippen molar-refractivity contribution < 1.29 is 28.2 Å². The Bertz CT molecular complexity index is 977. The minimum Gasteiger partial charge on any atom is -0.481 e. The number of nitrogens with zero attached hydrogens (tertiary/aromatic N) is 1. The first kappa shape index (κ1) is 21.0. The number of para-hydroxylation sites is 1. The Morgan fingerprint density at radius 2 is 1.70 bits per heavy atom. The van der Waals surface area contributed by atoms with Crippen molar-refractivity contribution in [3.8, 4) is 0 Å². The molecule has 0 amide bonds. The van der Waals surface area contributed by atoms with Crippen molar-refractivity contribution in [1.29, 1.82) is 0 Å². The molecule has 0 radical (unpaired) electrons. The number of benzene rings is 2. The monoisotopic (exact) mass is 431 g/mol. The number of carboxylic acids is 2. The molecule has 0 saturated heterocycles. The lowest BCUT2D eigenvalue weighted by Gasteiger charge is -2.26. The van der Waals surface area contributed by atoms with E-state index in [9.17, 15) is 23.1 Å². The molecule has 0 saturated carbocycles. The van der Waals surface area contributed by atoms with E-state index in [-0.39, 0.29) is 45.6 Å². The SMILES string of the molecule is O=C(O)CCCN(c1ccccc1C(=O)O)S(=O)(=O)c1cc(Cl)ccc1Cl. The third-order valence-electron chi connectivity index (χ3n) is 3.62. The number of anilines is 1. The zero-order valence-corrected chi connectivity index (χ0v) is 16.1. The molecule has 2 N–H and O–H groups in total. The van der Waals surface area contributed by atoms with E-state index in [0.717, 1.165) is 10.4 Å². The van der Waals surface area contributed by atoms with Gasteiger partial charge in [0.2, 0.25) is 0 Å². The average Bonchev–Trinajstić information content (AvgIpc) is 2.60. The summed E-state index contributed by atoms with van der Waals surface area (Å²) in [5.41, 5.74) is -0.332. The lowest BCUT2D eigenvalue weighted by molar-refractivity contribution is -0.137. The van der Waals surface area contributed by atoms with Crippen molar-refractivity contribution in [2.75, 3.05) is 10.8 Å². The highest BCUT2D eigenvalue weighted by molar-refractivity contribution is 7.93. The first-order valence-electron chi connectivity index (χ1n) is 7.66. The molecule has 0 atom stereocenters. The molecular weight excluding hydrogens is 417 g/mol. The van der Waals surface area contributed by atoms with Gasteiger partial charge in [-0.15, -0.1) is 0 Å². The van der Waals surface area contributed by atoms with E-state index in [1.165, 1.54) is 36.4 Å². The second-order valence-electron chi connectivity index (χ2n) is 5.47. The summed E-state index contributed by atoms with van der Waals surface area (Å²) < 4.78 is 27.2. The van der Waals surface area contributed by atoms with E-state index in [1.54, 1.807) is 0 Å². The van der Waals surface area contributed by atoms with E-state index in [4.69, 9.17) is 28.3 Å². The maximum Gasteiger partial charge on any atom is 0.337 e. The number of aromatic carboxylic acids is 1. The molecule has 0 unspecified atom stereocenters. The summed E-state index contributed by atoms with van der Waals surface area (Å²) in [6, 6.07) is 9.44. The topological polar surface area (TPSA) is 112 Å². The fraction of sp³-hybridized carbons (Fsp3) is 0.176. The molecule has 0 aliphatic rings. The highest BCUT2D eigenvalue weighted by Crippen LogP contribution is 2.32. The quantitative estimate of drug-likeness (QED) is 0.657. The predicted octanol–water partition coefficient (Wildman–Crippen LogP) is 3.75. The summed E-state index contributed by atoms with van der Waals surface area (Å²) in [5, 5.41) is 18.3. The van der Waals surface area contributed by atoms with Crippen molar-refractivity contribution in [1.82, 2.24) is 0 Å². The third-order valence-corrected chi connectivity index (χ3v) is 6.15. The van der Waals surface area contributed by atoms with Gasteiger partial charge in [-0.1, -0.05) is 35.3 Å². The molecule has 7 nitrogen and oxygen atoms in total. The average molecular weight is 432 g/mol. The number of carboxylic acid groups (broad SMARTS) is 2. The zero-order chi connectivity index (χ0) is 20.2. The number of rotatable bonds is 8. The second kappa shape index (κ2) is 8.60. The van der Waals surface area contributed by atoms with Crippen LogP contribution in [0.1, 0.15) is 23.2 Å². The number of aliphatic carboxylic acids is 1.